The summed E-state index contributed by atoms with van der Waals surface area (Å²) in [6.07, 6.45) is 9.29. The molecule has 2 aromatic carbocycles. The quantitative estimate of drug-likeness (QED) is 0.352. The standard InChI is InChI=1S/C35H47N5O2/c1-26-12-14-31(15-13-26)40-23-28(24-40)22-38-19-16-30(17-20-38)35(29-8-5-4-6-9-29,25-39-21-18-36-27(39)2)32-10-7-11-33(32)37-34(41)42-3/h4-6,8-9,12-15,18,21,28,30,32-33H,7,10-11,16-17,19-20,22-25H2,1-3H3,(H,37,41)/t32-,33-,35?/m1/s1. The van der Waals surface area contributed by atoms with E-state index in [1.165, 1.54) is 43.3 Å². The van der Waals surface area contributed by atoms with Crippen LogP contribution in [0.15, 0.2) is 67.0 Å². The molecule has 1 aromatic heterocycles. The smallest absolute Gasteiger partial charge is 0.407 e. The van der Waals surface area contributed by atoms with E-state index in [1.54, 1.807) is 0 Å². The number of aromatic nitrogens is 2. The van der Waals surface area contributed by atoms with Gasteiger partial charge in [0.15, 0.2) is 0 Å². The number of methoxy groups -OCH3 is 1. The molecule has 224 valence electrons. The number of nitrogens with zero attached hydrogens (tertiary/aromatic N) is 4. The van der Waals surface area contributed by atoms with Gasteiger partial charge in [-0.15, -0.1) is 0 Å². The zero-order valence-corrected chi connectivity index (χ0v) is 25.5. The van der Waals surface area contributed by atoms with Crippen molar-refractivity contribution in [3.8, 4) is 0 Å². The maximum atomic E-state index is 12.5. The lowest BCUT2D eigenvalue weighted by molar-refractivity contribution is 0.0545. The molecule has 3 aliphatic rings. The topological polar surface area (TPSA) is 62.6 Å². The van der Waals surface area contributed by atoms with E-state index in [9.17, 15) is 4.79 Å². The summed E-state index contributed by atoms with van der Waals surface area (Å²) in [7, 11) is 1.47. The first-order chi connectivity index (χ1) is 20.5. The summed E-state index contributed by atoms with van der Waals surface area (Å²) in [5.74, 6) is 2.62. The molecule has 2 saturated heterocycles. The van der Waals surface area contributed by atoms with Crippen LogP contribution in [0.4, 0.5) is 10.5 Å². The monoisotopic (exact) mass is 569 g/mol. The van der Waals surface area contributed by atoms with Gasteiger partial charge in [0.2, 0.25) is 0 Å². The molecule has 0 spiro atoms. The molecule has 7 heteroatoms. The minimum Gasteiger partial charge on any atom is -0.453 e. The van der Waals surface area contributed by atoms with Crippen molar-refractivity contribution in [2.45, 2.75) is 64.0 Å². The number of carbonyl (C=O) groups excluding carboxylic acids is 1. The average Bonchev–Trinajstić information content (AvgIpc) is 3.63. The molecule has 3 atom stereocenters. The van der Waals surface area contributed by atoms with Gasteiger partial charge in [-0.1, -0.05) is 54.4 Å². The number of amides is 1. The van der Waals surface area contributed by atoms with E-state index in [4.69, 9.17) is 4.74 Å². The Kier molecular flexibility index (Phi) is 8.57. The number of rotatable bonds is 9. The van der Waals surface area contributed by atoms with Crippen molar-refractivity contribution in [2.24, 2.45) is 17.8 Å². The van der Waals surface area contributed by atoms with Crippen molar-refractivity contribution in [3.05, 3.63) is 83.9 Å². The molecule has 0 bridgehead atoms. The number of aryl methyl sites for hydroxylation is 2. The molecule has 1 saturated carbocycles. The number of imidazole rings is 1. The molecule has 0 radical (unpaired) electrons. The summed E-state index contributed by atoms with van der Waals surface area (Å²) < 4.78 is 7.43. The normalized spacial score (nSPS) is 23.4. The highest BCUT2D eigenvalue weighted by Crippen LogP contribution is 2.51. The van der Waals surface area contributed by atoms with Crippen molar-refractivity contribution in [2.75, 3.05) is 44.7 Å². The van der Waals surface area contributed by atoms with E-state index in [1.807, 2.05) is 6.20 Å². The molecule has 1 N–H and O–H groups in total. The summed E-state index contributed by atoms with van der Waals surface area (Å²) in [6.45, 7) is 10.9. The van der Waals surface area contributed by atoms with Crippen LogP contribution in [0.1, 0.15) is 49.1 Å². The van der Waals surface area contributed by atoms with Gasteiger partial charge in [-0.05, 0) is 82.2 Å². The van der Waals surface area contributed by atoms with Crippen LogP contribution < -0.4 is 10.2 Å². The van der Waals surface area contributed by atoms with Gasteiger partial charge >= 0.3 is 6.09 Å². The zero-order chi connectivity index (χ0) is 29.1. The van der Waals surface area contributed by atoms with Crippen LogP contribution >= 0.6 is 0 Å². The molecule has 1 aliphatic carbocycles. The molecule has 3 fully saturated rings. The maximum Gasteiger partial charge on any atom is 0.407 e. The Morgan fingerprint density at radius 1 is 1.00 bits per heavy atom. The number of likely N-dealkylation sites (tertiary alicyclic amines) is 1. The minimum atomic E-state index is -0.317. The van der Waals surface area contributed by atoms with Gasteiger partial charge in [0.05, 0.1) is 7.11 Å². The van der Waals surface area contributed by atoms with E-state index in [-0.39, 0.29) is 17.6 Å². The molecule has 3 aromatic rings. The van der Waals surface area contributed by atoms with Crippen LogP contribution in [0.5, 0.6) is 0 Å². The number of hydrogen-bond donors (Lipinski definition) is 1. The van der Waals surface area contributed by atoms with Crippen molar-refractivity contribution in [1.82, 2.24) is 19.8 Å². The van der Waals surface area contributed by atoms with Gasteiger partial charge in [-0.25, -0.2) is 9.78 Å². The van der Waals surface area contributed by atoms with Crippen LogP contribution in [0.3, 0.4) is 0 Å². The van der Waals surface area contributed by atoms with Gasteiger partial charge in [0.25, 0.3) is 0 Å². The van der Waals surface area contributed by atoms with Gasteiger partial charge in [-0.3, -0.25) is 0 Å². The Morgan fingerprint density at radius 2 is 1.74 bits per heavy atom. The molecular formula is C35H47N5O2. The highest BCUT2D eigenvalue weighted by molar-refractivity contribution is 5.67. The third-order valence-electron chi connectivity index (χ3n) is 10.5. The highest BCUT2D eigenvalue weighted by atomic mass is 16.5. The summed E-state index contributed by atoms with van der Waals surface area (Å²) in [5, 5.41) is 3.26. The summed E-state index contributed by atoms with van der Waals surface area (Å²) in [4.78, 5) is 22.3. The largest absolute Gasteiger partial charge is 0.453 e. The average molecular weight is 570 g/mol. The van der Waals surface area contributed by atoms with Crippen LogP contribution in [-0.4, -0.2) is 66.4 Å². The van der Waals surface area contributed by atoms with Crippen LogP contribution in [0, 0.1) is 31.6 Å². The minimum absolute atomic E-state index is 0.0993. The Bertz CT molecular complexity index is 1310. The van der Waals surface area contributed by atoms with E-state index in [0.29, 0.717) is 11.8 Å². The van der Waals surface area contributed by atoms with Gasteiger partial charge < -0.3 is 24.4 Å². The predicted octanol–water partition coefficient (Wildman–Crippen LogP) is 5.81. The zero-order valence-electron chi connectivity index (χ0n) is 25.5. The molecule has 1 unspecified atom stereocenters. The lowest BCUT2D eigenvalue weighted by atomic mass is 9.58. The lowest BCUT2D eigenvalue weighted by Crippen LogP contribution is -2.56. The number of hydrogen-bond acceptors (Lipinski definition) is 5. The van der Waals surface area contributed by atoms with E-state index < -0.39 is 0 Å². The summed E-state index contributed by atoms with van der Waals surface area (Å²) >= 11 is 0. The Morgan fingerprint density at radius 3 is 2.40 bits per heavy atom. The fourth-order valence-corrected chi connectivity index (χ4v) is 8.30. The fraction of sp³-hybridized carbons (Fsp3) is 0.543. The number of nitrogens with one attached hydrogen (secondary N) is 1. The Hall–Kier alpha value is -3.32. The second-order valence-electron chi connectivity index (χ2n) is 13.0. The third kappa shape index (κ3) is 5.81. The number of anilines is 1. The SMILES string of the molecule is COC(=O)N[C@@H]1CCC[C@H]1C(Cn1ccnc1C)(c1ccccc1)C1CCN(CC2CN(c3ccc(C)cc3)C2)CC1. The molecule has 3 heterocycles. The van der Waals surface area contributed by atoms with Crippen LogP contribution in [0.2, 0.25) is 0 Å². The van der Waals surface area contributed by atoms with Crippen molar-refractivity contribution >= 4 is 11.8 Å². The van der Waals surface area contributed by atoms with E-state index in [2.05, 4.69) is 99.3 Å². The third-order valence-corrected chi connectivity index (χ3v) is 10.5. The first-order valence-electron chi connectivity index (χ1n) is 15.9. The first-order valence-corrected chi connectivity index (χ1v) is 15.9. The first kappa shape index (κ1) is 28.8. The molecule has 42 heavy (non-hydrogen) atoms. The Labute approximate surface area is 251 Å². The van der Waals surface area contributed by atoms with E-state index in [0.717, 1.165) is 63.7 Å². The highest BCUT2D eigenvalue weighted by Gasteiger charge is 2.52. The maximum absolute atomic E-state index is 12.5. The second kappa shape index (κ2) is 12.5. The number of benzene rings is 2. The molecule has 2 aliphatic heterocycles. The number of ether oxygens (including phenoxy) is 1. The van der Waals surface area contributed by atoms with E-state index >= 15 is 0 Å². The van der Waals surface area contributed by atoms with Crippen LogP contribution in [-0.2, 0) is 16.7 Å². The van der Waals surface area contributed by atoms with Gasteiger partial charge in [0, 0.05) is 61.6 Å². The summed E-state index contributed by atoms with van der Waals surface area (Å²) in [5.41, 5.74) is 3.95. The Balaban J connectivity index is 1.22. The number of piperidine rings is 1. The lowest BCUT2D eigenvalue weighted by Gasteiger charge is -2.51. The second-order valence-corrected chi connectivity index (χ2v) is 13.0. The van der Waals surface area contributed by atoms with Crippen molar-refractivity contribution in [1.29, 1.82) is 0 Å². The predicted molar refractivity (Wildman–Crippen MR) is 168 cm³/mol. The summed E-state index contributed by atoms with van der Waals surface area (Å²) in [6, 6.07) is 20.2. The fourth-order valence-electron chi connectivity index (χ4n) is 8.30. The van der Waals surface area contributed by atoms with Gasteiger partial charge in [-0.2, -0.15) is 0 Å². The molecular weight excluding hydrogens is 522 g/mol. The molecule has 6 rings (SSSR count). The van der Waals surface area contributed by atoms with Gasteiger partial charge in [0.1, 0.15) is 5.82 Å². The molecule has 1 amide bonds. The van der Waals surface area contributed by atoms with Crippen molar-refractivity contribution in [3.63, 3.8) is 0 Å². The van der Waals surface area contributed by atoms with Crippen LogP contribution in [0.25, 0.3) is 0 Å². The van der Waals surface area contributed by atoms with Crippen molar-refractivity contribution < 1.29 is 9.53 Å². The number of carbonyl (C=O) groups is 1. The molecule has 7 nitrogen and oxygen atoms in total. The number of alkyl carbamates (subject to hydrolysis) is 1.